The van der Waals surface area contributed by atoms with Crippen molar-refractivity contribution in [2.45, 2.75) is 328 Å². The number of rotatable bonds is 53. The number of ether oxygens (including phenoxy) is 1. The predicted molar refractivity (Wildman–Crippen MR) is 273 cm³/mol. The highest BCUT2D eigenvalue weighted by Crippen LogP contribution is 2.17. The fourth-order valence-corrected chi connectivity index (χ4v) is 8.93. The van der Waals surface area contributed by atoms with E-state index in [2.05, 4.69) is 31.3 Å². The van der Waals surface area contributed by atoms with Crippen molar-refractivity contribution in [3.05, 3.63) is 12.2 Å². The van der Waals surface area contributed by atoms with Gasteiger partial charge in [0.1, 0.15) is 0 Å². The number of allylic oxidation sites excluding steroid dienone is 2. The maximum Gasteiger partial charge on any atom is 0.305 e. The summed E-state index contributed by atoms with van der Waals surface area (Å²) in [4.78, 5) is 24.5. The molecule has 0 aliphatic heterocycles. The Balaban J connectivity index is 3.49. The summed E-state index contributed by atoms with van der Waals surface area (Å²) in [5.74, 6) is -0.0794. The molecule has 0 saturated heterocycles. The molecule has 0 fully saturated rings. The van der Waals surface area contributed by atoms with Crippen LogP contribution in [0.3, 0.4) is 0 Å². The lowest BCUT2D eigenvalue weighted by atomic mass is 10.0. The third-order valence-electron chi connectivity index (χ3n) is 13.3. The standard InChI is InChI=1S/C57H111NO5/c1-3-5-7-9-11-13-15-16-17-18-19-20-21-22-23-24-25-26-30-33-37-41-45-49-55(60)54(53-59)58-56(61)50-46-42-38-34-31-27-28-32-36-40-44-48-52-63-57(62)51-47-43-39-35-29-14-12-10-8-6-4-2/h28,32,54-55,59-60H,3-27,29-31,33-53H2,1-2H3,(H,58,61)/b32-28-. The van der Waals surface area contributed by atoms with Gasteiger partial charge in [-0.05, 0) is 57.8 Å². The molecule has 0 heterocycles. The highest BCUT2D eigenvalue weighted by Gasteiger charge is 2.20. The van der Waals surface area contributed by atoms with Crippen molar-refractivity contribution in [1.82, 2.24) is 5.32 Å². The van der Waals surface area contributed by atoms with Gasteiger partial charge in [0.2, 0.25) is 5.91 Å². The number of unbranched alkanes of at least 4 members (excludes halogenated alkanes) is 40. The summed E-state index contributed by atoms with van der Waals surface area (Å²) in [7, 11) is 0. The van der Waals surface area contributed by atoms with Crippen molar-refractivity contribution >= 4 is 11.9 Å². The van der Waals surface area contributed by atoms with Crippen LogP contribution in [0.15, 0.2) is 12.2 Å². The van der Waals surface area contributed by atoms with E-state index in [0.717, 1.165) is 77.0 Å². The molecule has 0 aromatic rings. The summed E-state index contributed by atoms with van der Waals surface area (Å²) in [5, 5.41) is 23.3. The molecule has 0 spiro atoms. The van der Waals surface area contributed by atoms with Crippen LogP contribution in [0.5, 0.6) is 0 Å². The molecule has 1 amide bonds. The van der Waals surface area contributed by atoms with E-state index >= 15 is 0 Å². The van der Waals surface area contributed by atoms with E-state index < -0.39 is 12.1 Å². The molecule has 63 heavy (non-hydrogen) atoms. The first-order valence-electron chi connectivity index (χ1n) is 28.4. The van der Waals surface area contributed by atoms with Gasteiger partial charge in [-0.3, -0.25) is 9.59 Å². The van der Waals surface area contributed by atoms with Gasteiger partial charge >= 0.3 is 5.97 Å². The Bertz CT molecular complexity index is 939. The molecule has 0 saturated carbocycles. The minimum Gasteiger partial charge on any atom is -0.466 e. The van der Waals surface area contributed by atoms with Crippen LogP contribution in [0, 0.1) is 0 Å². The second-order valence-corrected chi connectivity index (χ2v) is 19.6. The molecular formula is C57H111NO5. The van der Waals surface area contributed by atoms with Crippen molar-refractivity contribution in [3.8, 4) is 0 Å². The van der Waals surface area contributed by atoms with Crippen LogP contribution in [0.1, 0.15) is 316 Å². The molecule has 3 N–H and O–H groups in total. The zero-order chi connectivity index (χ0) is 45.8. The van der Waals surface area contributed by atoms with Crippen LogP contribution >= 0.6 is 0 Å². The third kappa shape index (κ3) is 49.9. The lowest BCUT2D eigenvalue weighted by molar-refractivity contribution is -0.143. The smallest absolute Gasteiger partial charge is 0.305 e. The highest BCUT2D eigenvalue weighted by atomic mass is 16.5. The average molecular weight is 891 g/mol. The number of hydrogen-bond donors (Lipinski definition) is 3. The summed E-state index contributed by atoms with van der Waals surface area (Å²) in [6, 6.07) is -0.560. The Labute approximate surface area is 393 Å². The molecule has 374 valence electrons. The fourth-order valence-electron chi connectivity index (χ4n) is 8.93. The van der Waals surface area contributed by atoms with E-state index in [4.69, 9.17) is 4.74 Å². The van der Waals surface area contributed by atoms with Gasteiger partial charge < -0.3 is 20.3 Å². The van der Waals surface area contributed by atoms with Gasteiger partial charge in [-0.1, -0.05) is 257 Å². The van der Waals surface area contributed by atoms with Gasteiger partial charge in [0.15, 0.2) is 0 Å². The second kappa shape index (κ2) is 53.2. The molecule has 0 aromatic carbocycles. The van der Waals surface area contributed by atoms with Gasteiger partial charge in [-0.25, -0.2) is 0 Å². The molecule has 0 radical (unpaired) electrons. The lowest BCUT2D eigenvalue weighted by Gasteiger charge is -2.22. The Morgan fingerprint density at radius 1 is 0.429 bits per heavy atom. The maximum absolute atomic E-state index is 12.5. The van der Waals surface area contributed by atoms with E-state index in [1.165, 1.54) is 205 Å². The number of aliphatic hydroxyl groups excluding tert-OH is 2. The first-order valence-corrected chi connectivity index (χ1v) is 28.4. The van der Waals surface area contributed by atoms with E-state index in [1.54, 1.807) is 0 Å². The third-order valence-corrected chi connectivity index (χ3v) is 13.3. The van der Waals surface area contributed by atoms with Crippen LogP contribution in [0.2, 0.25) is 0 Å². The summed E-state index contributed by atoms with van der Waals surface area (Å²) in [6.45, 7) is 4.91. The summed E-state index contributed by atoms with van der Waals surface area (Å²) in [5.41, 5.74) is 0. The zero-order valence-corrected chi connectivity index (χ0v) is 42.6. The highest BCUT2D eigenvalue weighted by molar-refractivity contribution is 5.76. The lowest BCUT2D eigenvalue weighted by Crippen LogP contribution is -2.45. The number of esters is 1. The molecular weight excluding hydrogens is 779 g/mol. The molecule has 6 nitrogen and oxygen atoms in total. The number of amides is 1. The SMILES string of the molecule is CCCCCCCCCCCCCCCCCCCCCCCCCC(O)C(CO)NC(=O)CCCCCCC/C=C\CCCCCOC(=O)CCCCCCCCCCCCC. The molecule has 2 atom stereocenters. The Hall–Kier alpha value is -1.40. The Morgan fingerprint density at radius 2 is 0.746 bits per heavy atom. The average Bonchev–Trinajstić information content (AvgIpc) is 3.28. The predicted octanol–water partition coefficient (Wildman–Crippen LogP) is 17.3. The Morgan fingerprint density at radius 3 is 1.13 bits per heavy atom. The van der Waals surface area contributed by atoms with E-state index in [-0.39, 0.29) is 18.5 Å². The van der Waals surface area contributed by atoms with Crippen molar-refractivity contribution < 1.29 is 24.5 Å². The maximum atomic E-state index is 12.5. The summed E-state index contributed by atoms with van der Waals surface area (Å²) in [6.07, 6.45) is 62.0. The van der Waals surface area contributed by atoms with Gasteiger partial charge in [0.05, 0.1) is 25.4 Å². The number of aliphatic hydroxyl groups is 2. The number of nitrogens with one attached hydrogen (secondary N) is 1. The van der Waals surface area contributed by atoms with Gasteiger partial charge in [0, 0.05) is 12.8 Å². The van der Waals surface area contributed by atoms with E-state index in [0.29, 0.717) is 25.9 Å². The largest absolute Gasteiger partial charge is 0.466 e. The summed E-state index contributed by atoms with van der Waals surface area (Å²) >= 11 is 0. The van der Waals surface area contributed by atoms with Gasteiger partial charge in [-0.2, -0.15) is 0 Å². The first-order chi connectivity index (χ1) is 31.0. The van der Waals surface area contributed by atoms with Gasteiger partial charge in [0.25, 0.3) is 0 Å². The minimum atomic E-state index is -0.680. The molecule has 0 aromatic heterocycles. The van der Waals surface area contributed by atoms with Gasteiger partial charge in [-0.15, -0.1) is 0 Å². The second-order valence-electron chi connectivity index (χ2n) is 19.6. The van der Waals surface area contributed by atoms with Crippen LogP contribution in [0.4, 0.5) is 0 Å². The van der Waals surface area contributed by atoms with Crippen LogP contribution < -0.4 is 5.32 Å². The monoisotopic (exact) mass is 890 g/mol. The number of carbonyl (C=O) groups excluding carboxylic acids is 2. The molecule has 0 aliphatic carbocycles. The molecule has 2 unspecified atom stereocenters. The topological polar surface area (TPSA) is 95.9 Å². The summed E-state index contributed by atoms with van der Waals surface area (Å²) < 4.78 is 5.43. The van der Waals surface area contributed by atoms with Crippen molar-refractivity contribution in [3.63, 3.8) is 0 Å². The molecule has 0 rings (SSSR count). The van der Waals surface area contributed by atoms with E-state index in [1.807, 2.05) is 0 Å². The van der Waals surface area contributed by atoms with Crippen LogP contribution in [0.25, 0.3) is 0 Å². The molecule has 0 aliphatic rings. The normalized spacial score (nSPS) is 12.6. The molecule has 6 heteroatoms. The quantitative estimate of drug-likeness (QED) is 0.0321. The van der Waals surface area contributed by atoms with Crippen molar-refractivity contribution in [1.29, 1.82) is 0 Å². The van der Waals surface area contributed by atoms with Crippen molar-refractivity contribution in [2.24, 2.45) is 0 Å². The fraction of sp³-hybridized carbons (Fsp3) is 0.930. The zero-order valence-electron chi connectivity index (χ0n) is 42.6. The minimum absolute atomic E-state index is 0.0221. The number of carbonyl (C=O) groups is 2. The number of hydrogen-bond acceptors (Lipinski definition) is 5. The van der Waals surface area contributed by atoms with Crippen LogP contribution in [-0.2, 0) is 14.3 Å². The first kappa shape index (κ1) is 61.6. The van der Waals surface area contributed by atoms with Crippen LogP contribution in [-0.4, -0.2) is 47.4 Å². The van der Waals surface area contributed by atoms with E-state index in [9.17, 15) is 19.8 Å². The van der Waals surface area contributed by atoms with Crippen molar-refractivity contribution in [2.75, 3.05) is 13.2 Å². The Kier molecular flexibility index (Phi) is 52.0. The molecule has 0 bridgehead atoms.